The molecule has 1 aromatic rings. The van der Waals surface area contributed by atoms with Gasteiger partial charge in [0.1, 0.15) is 0 Å². The second-order valence-electron chi connectivity index (χ2n) is 3.79. The molecule has 1 unspecified atom stereocenters. The molecular formula is C13H15NO5. The first-order valence-electron chi connectivity index (χ1n) is 5.78. The molecule has 0 aliphatic heterocycles. The number of ether oxygens (including phenoxy) is 1. The predicted octanol–water partition coefficient (Wildman–Crippen LogP) is 0.709. The maximum Gasteiger partial charge on any atom is 0.366 e. The third kappa shape index (κ3) is 5.20. The minimum absolute atomic E-state index is 0.0490. The van der Waals surface area contributed by atoms with Crippen molar-refractivity contribution in [3.8, 4) is 0 Å². The number of benzene rings is 1. The molecule has 19 heavy (non-hydrogen) atoms. The third-order valence-electron chi connectivity index (χ3n) is 2.28. The van der Waals surface area contributed by atoms with Gasteiger partial charge in [-0.25, -0.2) is 4.79 Å². The van der Waals surface area contributed by atoms with Crippen LogP contribution in [0.15, 0.2) is 30.3 Å². The lowest BCUT2D eigenvalue weighted by Crippen LogP contribution is -2.44. The van der Waals surface area contributed by atoms with Crippen LogP contribution in [-0.2, 0) is 25.5 Å². The van der Waals surface area contributed by atoms with E-state index in [4.69, 9.17) is 9.84 Å². The monoisotopic (exact) mass is 265 g/mol. The Morgan fingerprint density at radius 2 is 1.89 bits per heavy atom. The van der Waals surface area contributed by atoms with Gasteiger partial charge >= 0.3 is 11.9 Å². The first-order valence-corrected chi connectivity index (χ1v) is 5.78. The van der Waals surface area contributed by atoms with E-state index in [1.54, 1.807) is 37.3 Å². The fourth-order valence-electron chi connectivity index (χ4n) is 1.33. The molecule has 2 N–H and O–H groups in total. The number of hydrogen-bond donors (Lipinski definition) is 2. The molecule has 0 aromatic heterocycles. The Balaban J connectivity index is 2.57. The normalized spacial score (nSPS) is 11.4. The Morgan fingerprint density at radius 3 is 2.42 bits per heavy atom. The van der Waals surface area contributed by atoms with Gasteiger partial charge in [-0.05, 0) is 5.56 Å². The Labute approximate surface area is 110 Å². The highest BCUT2D eigenvalue weighted by atomic mass is 16.6. The van der Waals surface area contributed by atoms with Crippen LogP contribution in [0.2, 0.25) is 0 Å². The van der Waals surface area contributed by atoms with E-state index in [1.165, 1.54) is 0 Å². The summed E-state index contributed by atoms with van der Waals surface area (Å²) in [5.74, 6) is -2.63. The van der Waals surface area contributed by atoms with E-state index in [1.807, 2.05) is 0 Å². The smallest absolute Gasteiger partial charge is 0.366 e. The highest BCUT2D eigenvalue weighted by Gasteiger charge is 2.23. The molecule has 6 nitrogen and oxygen atoms in total. The number of carboxylic acid groups (broad SMARTS) is 1. The van der Waals surface area contributed by atoms with Gasteiger partial charge in [-0.1, -0.05) is 37.3 Å². The molecule has 0 radical (unpaired) electrons. The van der Waals surface area contributed by atoms with Crippen LogP contribution >= 0.6 is 0 Å². The molecule has 6 heteroatoms. The van der Waals surface area contributed by atoms with Crippen LogP contribution in [0.3, 0.4) is 0 Å². The van der Waals surface area contributed by atoms with Gasteiger partial charge in [-0.15, -0.1) is 0 Å². The van der Waals surface area contributed by atoms with Crippen LogP contribution in [0, 0.1) is 0 Å². The van der Waals surface area contributed by atoms with Crippen LogP contribution in [-0.4, -0.2) is 29.2 Å². The quantitative estimate of drug-likeness (QED) is 0.583. The number of aliphatic carboxylic acids is 1. The van der Waals surface area contributed by atoms with E-state index in [-0.39, 0.29) is 12.8 Å². The Bertz CT molecular complexity index is 457. The largest absolute Gasteiger partial charge is 0.477 e. The zero-order valence-corrected chi connectivity index (χ0v) is 10.5. The lowest BCUT2D eigenvalue weighted by molar-refractivity contribution is -0.167. The molecular weight excluding hydrogens is 250 g/mol. The van der Waals surface area contributed by atoms with E-state index in [0.717, 1.165) is 0 Å². The number of carboxylic acids is 1. The summed E-state index contributed by atoms with van der Waals surface area (Å²) in [5.41, 5.74) is 0.707. The zero-order valence-electron chi connectivity index (χ0n) is 10.5. The number of carbonyl (C=O) groups is 3. The fraction of sp³-hybridized carbons (Fsp3) is 0.308. The molecule has 102 valence electrons. The zero-order chi connectivity index (χ0) is 14.3. The molecule has 0 fully saturated rings. The van der Waals surface area contributed by atoms with Gasteiger partial charge in [0.25, 0.3) is 6.23 Å². The molecule has 0 bridgehead atoms. The molecule has 0 saturated carbocycles. The van der Waals surface area contributed by atoms with Crippen LogP contribution in [0.25, 0.3) is 0 Å². The molecule has 1 rings (SSSR count). The van der Waals surface area contributed by atoms with Crippen molar-refractivity contribution in [3.63, 3.8) is 0 Å². The Morgan fingerprint density at radius 1 is 1.26 bits per heavy atom. The number of carbonyl (C=O) groups excluding carboxylic acids is 2. The van der Waals surface area contributed by atoms with E-state index in [0.29, 0.717) is 5.56 Å². The molecule has 1 amide bonds. The highest BCUT2D eigenvalue weighted by Crippen LogP contribution is 2.02. The molecule has 0 aliphatic rings. The Hall–Kier alpha value is -2.37. The van der Waals surface area contributed by atoms with Crippen molar-refractivity contribution in [2.24, 2.45) is 0 Å². The summed E-state index contributed by atoms with van der Waals surface area (Å²) < 4.78 is 4.72. The molecule has 0 saturated heterocycles. The molecule has 0 spiro atoms. The maximum absolute atomic E-state index is 11.6. The van der Waals surface area contributed by atoms with Crippen molar-refractivity contribution in [1.82, 2.24) is 5.32 Å². The van der Waals surface area contributed by atoms with Crippen molar-refractivity contribution in [2.45, 2.75) is 26.0 Å². The van der Waals surface area contributed by atoms with Crippen LogP contribution < -0.4 is 5.32 Å². The van der Waals surface area contributed by atoms with Crippen molar-refractivity contribution in [1.29, 1.82) is 0 Å². The van der Waals surface area contributed by atoms with E-state index in [2.05, 4.69) is 5.32 Å². The third-order valence-corrected chi connectivity index (χ3v) is 2.28. The summed E-state index contributed by atoms with van der Waals surface area (Å²) >= 11 is 0. The molecule has 1 aromatic carbocycles. The van der Waals surface area contributed by atoms with Gasteiger partial charge in [0.2, 0.25) is 5.91 Å². The van der Waals surface area contributed by atoms with Gasteiger partial charge in [0, 0.05) is 6.42 Å². The molecule has 0 heterocycles. The minimum atomic E-state index is -1.65. The van der Waals surface area contributed by atoms with Gasteiger partial charge < -0.3 is 15.2 Å². The van der Waals surface area contributed by atoms with Crippen LogP contribution in [0.1, 0.15) is 18.9 Å². The topological polar surface area (TPSA) is 92.7 Å². The summed E-state index contributed by atoms with van der Waals surface area (Å²) in [6, 6.07) is 8.77. The predicted molar refractivity (Wildman–Crippen MR) is 66.1 cm³/mol. The van der Waals surface area contributed by atoms with Crippen molar-refractivity contribution >= 4 is 17.8 Å². The number of rotatable bonds is 6. The maximum atomic E-state index is 11.6. The lowest BCUT2D eigenvalue weighted by Gasteiger charge is -2.14. The van der Waals surface area contributed by atoms with Crippen molar-refractivity contribution in [3.05, 3.63) is 35.9 Å². The summed E-state index contributed by atoms with van der Waals surface area (Å²) in [6.45, 7) is 1.57. The standard InChI is InChI=1S/C13H15NO5/c1-2-10(15)14-12(13(17)18)19-11(16)8-9-6-4-3-5-7-9/h3-7,12H,2,8H2,1H3,(H,14,15)(H,17,18). The average Bonchev–Trinajstić information content (AvgIpc) is 2.38. The number of hydrogen-bond acceptors (Lipinski definition) is 4. The molecule has 1 atom stereocenters. The lowest BCUT2D eigenvalue weighted by atomic mass is 10.2. The highest BCUT2D eigenvalue weighted by molar-refractivity contribution is 5.84. The van der Waals surface area contributed by atoms with Crippen LogP contribution in [0.5, 0.6) is 0 Å². The SMILES string of the molecule is CCC(=O)NC(OC(=O)Cc1ccccc1)C(=O)O. The molecule has 0 aliphatic carbocycles. The summed E-state index contributed by atoms with van der Waals surface area (Å²) in [4.78, 5) is 33.5. The number of nitrogens with one attached hydrogen (secondary N) is 1. The van der Waals surface area contributed by atoms with Gasteiger partial charge in [-0.2, -0.15) is 0 Å². The second kappa shape index (κ2) is 7.15. The Kier molecular flexibility index (Phi) is 5.53. The van der Waals surface area contributed by atoms with Crippen molar-refractivity contribution in [2.75, 3.05) is 0 Å². The summed E-state index contributed by atoms with van der Waals surface area (Å²) in [6.07, 6.45) is -1.59. The fourth-order valence-corrected chi connectivity index (χ4v) is 1.33. The number of esters is 1. The van der Waals surface area contributed by atoms with Gasteiger partial charge in [0.05, 0.1) is 6.42 Å². The first kappa shape index (κ1) is 14.7. The minimum Gasteiger partial charge on any atom is -0.477 e. The van der Waals surface area contributed by atoms with Crippen molar-refractivity contribution < 1.29 is 24.2 Å². The van der Waals surface area contributed by atoms with E-state index < -0.39 is 24.1 Å². The average molecular weight is 265 g/mol. The van der Waals surface area contributed by atoms with E-state index in [9.17, 15) is 14.4 Å². The number of amides is 1. The van der Waals surface area contributed by atoms with Gasteiger partial charge in [-0.3, -0.25) is 9.59 Å². The van der Waals surface area contributed by atoms with E-state index >= 15 is 0 Å². The van der Waals surface area contributed by atoms with Crippen LogP contribution in [0.4, 0.5) is 0 Å². The summed E-state index contributed by atoms with van der Waals surface area (Å²) in [5, 5.41) is 10.9. The summed E-state index contributed by atoms with van der Waals surface area (Å²) in [7, 11) is 0. The van der Waals surface area contributed by atoms with Gasteiger partial charge in [0.15, 0.2) is 0 Å². The first-order chi connectivity index (χ1) is 9.02. The second-order valence-corrected chi connectivity index (χ2v) is 3.79.